The van der Waals surface area contributed by atoms with Gasteiger partial charge in [-0.25, -0.2) is 9.50 Å². The predicted octanol–water partition coefficient (Wildman–Crippen LogP) is 3.34. The maximum absolute atomic E-state index is 5.80. The quantitative estimate of drug-likeness (QED) is 0.528. The number of hydrogen-bond acceptors (Lipinski definition) is 7. The molecule has 0 unspecified atom stereocenters. The lowest BCUT2D eigenvalue weighted by molar-refractivity contribution is 0.509. The van der Waals surface area contributed by atoms with Crippen LogP contribution in [0, 0.1) is 6.92 Å². The molecule has 4 rings (SSSR count). The zero-order chi connectivity index (χ0) is 16.5. The summed E-state index contributed by atoms with van der Waals surface area (Å²) >= 11 is 1.45. The molecular formula is C16H14N6OS. The minimum Gasteiger partial charge on any atom is -0.419 e. The van der Waals surface area contributed by atoms with Crippen LogP contribution in [0.3, 0.4) is 0 Å². The highest BCUT2D eigenvalue weighted by Gasteiger charge is 2.18. The van der Waals surface area contributed by atoms with Gasteiger partial charge in [0.1, 0.15) is 0 Å². The van der Waals surface area contributed by atoms with Gasteiger partial charge < -0.3 is 4.42 Å². The molecule has 0 N–H and O–H groups in total. The summed E-state index contributed by atoms with van der Waals surface area (Å²) in [6.45, 7) is 4.02. The Morgan fingerprint density at radius 3 is 2.79 bits per heavy atom. The number of thioether (sulfide) groups is 1. The van der Waals surface area contributed by atoms with Gasteiger partial charge in [-0.3, -0.25) is 0 Å². The van der Waals surface area contributed by atoms with E-state index in [1.54, 1.807) is 10.7 Å². The van der Waals surface area contributed by atoms with Crippen molar-refractivity contribution in [1.82, 2.24) is 29.8 Å². The maximum Gasteiger partial charge on any atom is 0.253 e. The fourth-order valence-corrected chi connectivity index (χ4v) is 2.97. The van der Waals surface area contributed by atoms with Crippen LogP contribution in [0.25, 0.3) is 17.2 Å². The number of benzene rings is 1. The molecule has 120 valence electrons. The van der Waals surface area contributed by atoms with Gasteiger partial charge in [0, 0.05) is 18.0 Å². The second-order valence-corrected chi connectivity index (χ2v) is 6.64. The lowest BCUT2D eigenvalue weighted by atomic mass is 10.1. The molecule has 0 aliphatic carbocycles. The second-order valence-electron chi connectivity index (χ2n) is 5.33. The largest absolute Gasteiger partial charge is 0.419 e. The highest BCUT2D eigenvalue weighted by atomic mass is 32.2. The smallest absolute Gasteiger partial charge is 0.253 e. The van der Waals surface area contributed by atoms with Crippen LogP contribution in [-0.2, 0) is 0 Å². The Bertz CT molecular complexity index is 945. The van der Waals surface area contributed by atoms with Crippen LogP contribution >= 0.6 is 11.8 Å². The Morgan fingerprint density at radius 1 is 1.17 bits per heavy atom. The van der Waals surface area contributed by atoms with E-state index in [-0.39, 0.29) is 5.25 Å². The van der Waals surface area contributed by atoms with Crippen LogP contribution in [0.2, 0.25) is 0 Å². The third-order valence-corrected chi connectivity index (χ3v) is 4.41. The number of hydrogen-bond donors (Lipinski definition) is 0. The summed E-state index contributed by atoms with van der Waals surface area (Å²) < 4.78 is 7.44. The Kier molecular flexibility index (Phi) is 3.73. The summed E-state index contributed by atoms with van der Waals surface area (Å²) in [6.07, 6.45) is 3.50. The fourth-order valence-electron chi connectivity index (χ4n) is 2.18. The van der Waals surface area contributed by atoms with Gasteiger partial charge in [-0.05, 0) is 32.0 Å². The highest BCUT2D eigenvalue weighted by molar-refractivity contribution is 7.99. The first-order valence-corrected chi connectivity index (χ1v) is 8.31. The third kappa shape index (κ3) is 2.88. The average molecular weight is 338 g/mol. The second kappa shape index (κ2) is 6.04. The van der Waals surface area contributed by atoms with Crippen LogP contribution in [0.1, 0.15) is 23.6 Å². The van der Waals surface area contributed by atoms with E-state index in [1.807, 2.05) is 50.4 Å². The lowest BCUT2D eigenvalue weighted by Gasteiger charge is -2.02. The average Bonchev–Trinajstić information content (AvgIpc) is 3.21. The van der Waals surface area contributed by atoms with Gasteiger partial charge in [0.25, 0.3) is 5.78 Å². The third-order valence-electron chi connectivity index (χ3n) is 3.47. The molecule has 0 bridgehead atoms. The summed E-state index contributed by atoms with van der Waals surface area (Å²) in [5.41, 5.74) is 2.10. The highest BCUT2D eigenvalue weighted by Crippen LogP contribution is 2.33. The number of rotatable bonds is 4. The van der Waals surface area contributed by atoms with Crippen LogP contribution in [0.15, 0.2) is 52.3 Å². The van der Waals surface area contributed by atoms with Crippen molar-refractivity contribution in [2.45, 2.75) is 24.3 Å². The zero-order valence-electron chi connectivity index (χ0n) is 13.1. The van der Waals surface area contributed by atoms with E-state index in [0.717, 1.165) is 5.56 Å². The molecule has 1 aromatic carbocycles. The summed E-state index contributed by atoms with van der Waals surface area (Å²) in [4.78, 5) is 8.52. The van der Waals surface area contributed by atoms with Gasteiger partial charge in [0.2, 0.25) is 16.9 Å². The van der Waals surface area contributed by atoms with Gasteiger partial charge in [-0.1, -0.05) is 29.5 Å². The molecule has 4 aromatic rings. The molecule has 8 heteroatoms. The van der Waals surface area contributed by atoms with E-state index in [2.05, 4.69) is 25.3 Å². The van der Waals surface area contributed by atoms with Crippen molar-refractivity contribution < 1.29 is 4.42 Å². The Labute approximate surface area is 142 Å². The van der Waals surface area contributed by atoms with Gasteiger partial charge in [-0.2, -0.15) is 4.98 Å². The number of fused-ring (bicyclic) bond motifs is 1. The van der Waals surface area contributed by atoms with Crippen molar-refractivity contribution in [3.8, 4) is 11.5 Å². The molecule has 3 aromatic heterocycles. The summed E-state index contributed by atoms with van der Waals surface area (Å²) in [7, 11) is 0. The first-order valence-electron chi connectivity index (χ1n) is 7.43. The molecule has 0 amide bonds. The van der Waals surface area contributed by atoms with Crippen molar-refractivity contribution in [2.75, 3.05) is 0 Å². The molecule has 0 saturated heterocycles. The SMILES string of the molecule is Cc1ccc(-c2nnc([C@@H](C)Sc3nc4ncccn4n3)o2)cc1. The van der Waals surface area contributed by atoms with Crippen LogP contribution in [-0.4, -0.2) is 29.8 Å². The topological polar surface area (TPSA) is 82.0 Å². The molecule has 0 aliphatic heterocycles. The Balaban J connectivity index is 1.54. The molecule has 3 heterocycles. The fraction of sp³-hybridized carbons (Fsp3) is 0.188. The van der Waals surface area contributed by atoms with E-state index < -0.39 is 0 Å². The number of nitrogens with zero attached hydrogens (tertiary/aromatic N) is 6. The van der Waals surface area contributed by atoms with Crippen molar-refractivity contribution in [3.63, 3.8) is 0 Å². The van der Waals surface area contributed by atoms with Crippen molar-refractivity contribution in [1.29, 1.82) is 0 Å². The van der Waals surface area contributed by atoms with Crippen LogP contribution in [0.4, 0.5) is 0 Å². The summed E-state index contributed by atoms with van der Waals surface area (Å²) in [5, 5.41) is 13.2. The minimum atomic E-state index is -0.0610. The van der Waals surface area contributed by atoms with E-state index in [1.165, 1.54) is 17.3 Å². The van der Waals surface area contributed by atoms with Crippen molar-refractivity contribution in [2.24, 2.45) is 0 Å². The Morgan fingerprint density at radius 2 is 2.00 bits per heavy atom. The van der Waals surface area contributed by atoms with E-state index in [0.29, 0.717) is 22.7 Å². The van der Waals surface area contributed by atoms with Crippen LogP contribution in [0.5, 0.6) is 0 Å². The van der Waals surface area contributed by atoms with E-state index in [9.17, 15) is 0 Å². The van der Waals surface area contributed by atoms with Crippen molar-refractivity contribution in [3.05, 3.63) is 54.2 Å². The van der Waals surface area contributed by atoms with Gasteiger partial charge >= 0.3 is 0 Å². The molecule has 0 spiro atoms. The van der Waals surface area contributed by atoms with E-state index >= 15 is 0 Å². The molecule has 1 atom stereocenters. The minimum absolute atomic E-state index is 0.0610. The first kappa shape index (κ1) is 14.8. The first-order chi connectivity index (χ1) is 11.7. The molecule has 0 radical (unpaired) electrons. The summed E-state index contributed by atoms with van der Waals surface area (Å²) in [5.74, 6) is 1.63. The van der Waals surface area contributed by atoms with E-state index in [4.69, 9.17) is 4.42 Å². The van der Waals surface area contributed by atoms with Gasteiger partial charge in [0.05, 0.1) is 5.25 Å². The standard InChI is InChI=1S/C16H14N6OS/c1-10-4-6-12(7-5-10)14-20-19-13(23-14)11(2)24-16-18-15-17-8-3-9-22(15)21-16/h3-9,11H,1-2H3/t11-/m1/s1. The normalized spacial score (nSPS) is 12.6. The lowest BCUT2D eigenvalue weighted by Crippen LogP contribution is -1.90. The molecule has 0 aliphatic rings. The van der Waals surface area contributed by atoms with Gasteiger partial charge in [-0.15, -0.1) is 15.3 Å². The van der Waals surface area contributed by atoms with Gasteiger partial charge in [0.15, 0.2) is 0 Å². The number of aryl methyl sites for hydroxylation is 1. The Hall–Kier alpha value is -2.74. The summed E-state index contributed by atoms with van der Waals surface area (Å²) in [6, 6.07) is 9.79. The van der Waals surface area contributed by atoms with Crippen LogP contribution < -0.4 is 0 Å². The molecule has 7 nitrogen and oxygen atoms in total. The molecule has 0 saturated carbocycles. The molecular weight excluding hydrogens is 324 g/mol. The monoisotopic (exact) mass is 338 g/mol. The molecule has 24 heavy (non-hydrogen) atoms. The predicted molar refractivity (Wildman–Crippen MR) is 89.5 cm³/mol. The molecule has 0 fully saturated rings. The number of aromatic nitrogens is 6. The van der Waals surface area contributed by atoms with Crippen molar-refractivity contribution >= 4 is 17.5 Å². The maximum atomic E-state index is 5.80. The zero-order valence-corrected chi connectivity index (χ0v) is 13.9.